The fourth-order valence-corrected chi connectivity index (χ4v) is 6.23. The number of nitrogens with zero attached hydrogens (tertiary/aromatic N) is 3. The van der Waals surface area contributed by atoms with Crippen molar-refractivity contribution in [3.63, 3.8) is 0 Å². The maximum absolute atomic E-state index is 13.8. The molecule has 7 nitrogen and oxygen atoms in total. The largest absolute Gasteiger partial charge is 0.416 e. The lowest BCUT2D eigenvalue weighted by molar-refractivity contribution is -0.137. The maximum atomic E-state index is 13.8. The van der Waals surface area contributed by atoms with Crippen LogP contribution in [0.1, 0.15) is 16.7 Å². The van der Waals surface area contributed by atoms with E-state index in [0.29, 0.717) is 16.8 Å². The number of carbonyl (C=O) groups excluding carboxylic acids is 1. The Bertz CT molecular complexity index is 1740. The number of halogens is 3. The number of carbonyl (C=O) groups is 1. The number of rotatable bonds is 7. The SMILES string of the molecule is N#Cc1ccc(C[C@H](NS(=O)(=O)c2ccc3ccccc3c2)C(=O)N2CCN(c3cccc(C(F)(F)F)c3)CC2)cc1. The van der Waals surface area contributed by atoms with E-state index in [1.807, 2.05) is 24.3 Å². The van der Waals surface area contributed by atoms with Gasteiger partial charge in [0.15, 0.2) is 0 Å². The summed E-state index contributed by atoms with van der Waals surface area (Å²) in [4.78, 5) is 17.1. The molecule has 216 valence electrons. The summed E-state index contributed by atoms with van der Waals surface area (Å²) in [7, 11) is -4.11. The molecule has 1 saturated heterocycles. The number of benzene rings is 4. The third-order valence-electron chi connectivity index (χ3n) is 7.28. The minimum Gasteiger partial charge on any atom is -0.368 e. The van der Waals surface area contributed by atoms with Crippen LogP contribution in [0.4, 0.5) is 18.9 Å². The second-order valence-corrected chi connectivity index (χ2v) is 11.8. The highest BCUT2D eigenvalue weighted by atomic mass is 32.2. The molecule has 4 aromatic carbocycles. The number of amides is 1. The van der Waals surface area contributed by atoms with E-state index in [2.05, 4.69) is 4.72 Å². The molecule has 0 bridgehead atoms. The van der Waals surface area contributed by atoms with Gasteiger partial charge in [-0.2, -0.15) is 23.2 Å². The van der Waals surface area contributed by atoms with Gasteiger partial charge >= 0.3 is 6.18 Å². The molecule has 1 amide bonds. The first kappa shape index (κ1) is 29.1. The van der Waals surface area contributed by atoms with Crippen LogP contribution < -0.4 is 9.62 Å². The molecule has 0 spiro atoms. The number of piperazine rings is 1. The average molecular weight is 593 g/mol. The van der Waals surface area contributed by atoms with Crippen LogP contribution in [0.5, 0.6) is 0 Å². The van der Waals surface area contributed by atoms with Crippen molar-refractivity contribution < 1.29 is 26.4 Å². The Morgan fingerprint density at radius 2 is 1.57 bits per heavy atom. The number of sulfonamides is 1. The van der Waals surface area contributed by atoms with Crippen LogP contribution in [0.3, 0.4) is 0 Å². The minimum absolute atomic E-state index is 0.0215. The van der Waals surface area contributed by atoms with E-state index in [-0.39, 0.29) is 37.5 Å². The molecule has 1 aliphatic rings. The van der Waals surface area contributed by atoms with Gasteiger partial charge in [-0.15, -0.1) is 0 Å². The van der Waals surface area contributed by atoms with Gasteiger partial charge in [0.25, 0.3) is 0 Å². The molecular weight excluding hydrogens is 565 g/mol. The topological polar surface area (TPSA) is 93.5 Å². The van der Waals surface area contributed by atoms with Crippen molar-refractivity contribution in [2.75, 3.05) is 31.1 Å². The molecule has 0 unspecified atom stereocenters. The molecule has 0 saturated carbocycles. The monoisotopic (exact) mass is 592 g/mol. The van der Waals surface area contributed by atoms with Crippen LogP contribution in [0.2, 0.25) is 0 Å². The molecule has 0 aromatic heterocycles. The standard InChI is InChI=1S/C31H27F3N4O3S/c32-31(33,34)26-6-3-7-27(20-26)37-14-16-38(17-15-37)30(39)29(18-22-8-10-23(21-35)11-9-22)36-42(40,41)28-13-12-24-4-1-2-5-25(24)19-28/h1-13,19-20,29,36H,14-18H2/t29-/m0/s1. The van der Waals surface area contributed by atoms with Gasteiger partial charge in [-0.1, -0.05) is 48.5 Å². The molecule has 0 aliphatic carbocycles. The molecule has 1 heterocycles. The van der Waals surface area contributed by atoms with Crippen LogP contribution >= 0.6 is 0 Å². The summed E-state index contributed by atoms with van der Waals surface area (Å²) in [6.07, 6.45) is -4.42. The van der Waals surface area contributed by atoms with Gasteiger partial charge in [-0.05, 0) is 65.2 Å². The van der Waals surface area contributed by atoms with Gasteiger partial charge in [-0.3, -0.25) is 4.79 Å². The summed E-state index contributed by atoms with van der Waals surface area (Å²) < 4.78 is 69.2. The van der Waals surface area contributed by atoms with E-state index >= 15 is 0 Å². The zero-order valence-corrected chi connectivity index (χ0v) is 23.2. The molecule has 1 N–H and O–H groups in total. The van der Waals surface area contributed by atoms with E-state index in [0.717, 1.165) is 22.9 Å². The van der Waals surface area contributed by atoms with E-state index in [1.165, 1.54) is 17.0 Å². The van der Waals surface area contributed by atoms with Crippen molar-refractivity contribution in [3.8, 4) is 6.07 Å². The highest BCUT2D eigenvalue weighted by molar-refractivity contribution is 7.89. The van der Waals surface area contributed by atoms with Gasteiger partial charge in [0.2, 0.25) is 15.9 Å². The summed E-state index contributed by atoms with van der Waals surface area (Å²) in [6, 6.07) is 24.6. The Hall–Kier alpha value is -4.40. The fourth-order valence-electron chi connectivity index (χ4n) is 5.00. The summed E-state index contributed by atoms with van der Waals surface area (Å²) >= 11 is 0. The van der Waals surface area contributed by atoms with E-state index in [4.69, 9.17) is 5.26 Å². The van der Waals surface area contributed by atoms with E-state index in [9.17, 15) is 26.4 Å². The fraction of sp³-hybridized carbons (Fsp3) is 0.226. The number of nitriles is 1. The number of alkyl halides is 3. The first-order chi connectivity index (χ1) is 20.0. The molecule has 1 atom stereocenters. The molecule has 5 rings (SSSR count). The summed E-state index contributed by atoms with van der Waals surface area (Å²) in [5.41, 5.74) is 0.757. The molecule has 1 aliphatic heterocycles. The number of fused-ring (bicyclic) bond motifs is 1. The van der Waals surface area contributed by atoms with Gasteiger partial charge in [0.05, 0.1) is 22.1 Å². The Balaban J connectivity index is 1.36. The quantitative estimate of drug-likeness (QED) is 0.327. The molecule has 11 heteroatoms. The zero-order chi connectivity index (χ0) is 29.9. The third kappa shape index (κ3) is 6.56. The van der Waals surface area contributed by atoms with Crippen LogP contribution in [-0.2, 0) is 27.4 Å². The third-order valence-corrected chi connectivity index (χ3v) is 8.75. The minimum atomic E-state index is -4.46. The van der Waals surface area contributed by atoms with Crippen molar-refractivity contribution in [1.82, 2.24) is 9.62 Å². The lowest BCUT2D eigenvalue weighted by Crippen LogP contribution is -2.55. The van der Waals surface area contributed by atoms with Crippen LogP contribution in [0, 0.1) is 11.3 Å². The second-order valence-electron chi connectivity index (χ2n) is 10.1. The molecule has 4 aromatic rings. The first-order valence-corrected chi connectivity index (χ1v) is 14.7. The summed E-state index contributed by atoms with van der Waals surface area (Å²) in [5, 5.41) is 10.7. The van der Waals surface area contributed by atoms with Gasteiger partial charge in [0, 0.05) is 31.9 Å². The lowest BCUT2D eigenvalue weighted by Gasteiger charge is -2.38. The number of anilines is 1. The lowest BCUT2D eigenvalue weighted by atomic mass is 10.0. The predicted octanol–water partition coefficient (Wildman–Crippen LogP) is 4.97. The molecular formula is C31H27F3N4O3S. The normalized spacial score (nSPS) is 14.9. The molecule has 1 fully saturated rings. The van der Waals surface area contributed by atoms with Gasteiger partial charge in [-0.25, -0.2) is 8.42 Å². The smallest absolute Gasteiger partial charge is 0.368 e. The van der Waals surface area contributed by atoms with Gasteiger partial charge in [0.1, 0.15) is 6.04 Å². The van der Waals surface area contributed by atoms with E-state index in [1.54, 1.807) is 53.4 Å². The Morgan fingerprint density at radius 3 is 2.24 bits per heavy atom. The highest BCUT2D eigenvalue weighted by Gasteiger charge is 2.33. The van der Waals surface area contributed by atoms with Gasteiger partial charge < -0.3 is 9.80 Å². The van der Waals surface area contributed by atoms with Crippen LogP contribution in [0.15, 0.2) is 95.9 Å². The average Bonchev–Trinajstić information content (AvgIpc) is 3.00. The van der Waals surface area contributed by atoms with E-state index < -0.39 is 33.7 Å². The van der Waals surface area contributed by atoms with Crippen LogP contribution in [-0.4, -0.2) is 51.4 Å². The first-order valence-electron chi connectivity index (χ1n) is 13.2. The number of hydrogen-bond acceptors (Lipinski definition) is 5. The zero-order valence-electron chi connectivity index (χ0n) is 22.4. The van der Waals surface area contributed by atoms with Crippen molar-refractivity contribution in [2.24, 2.45) is 0 Å². The maximum Gasteiger partial charge on any atom is 0.416 e. The van der Waals surface area contributed by atoms with Crippen molar-refractivity contribution in [1.29, 1.82) is 5.26 Å². The second kappa shape index (κ2) is 11.8. The predicted molar refractivity (Wildman–Crippen MR) is 153 cm³/mol. The summed E-state index contributed by atoms with van der Waals surface area (Å²) in [5.74, 6) is -0.438. The summed E-state index contributed by atoms with van der Waals surface area (Å²) in [6.45, 7) is 0.982. The van der Waals surface area contributed by atoms with Crippen molar-refractivity contribution >= 4 is 32.4 Å². The Kier molecular flexibility index (Phi) is 8.20. The Labute approximate surface area is 241 Å². The Morgan fingerprint density at radius 1 is 0.881 bits per heavy atom. The number of nitrogens with one attached hydrogen (secondary N) is 1. The van der Waals surface area contributed by atoms with Crippen molar-refractivity contribution in [2.45, 2.75) is 23.5 Å². The highest BCUT2D eigenvalue weighted by Crippen LogP contribution is 2.32. The molecule has 42 heavy (non-hydrogen) atoms. The van der Waals surface area contributed by atoms with Crippen LogP contribution in [0.25, 0.3) is 10.8 Å². The number of hydrogen-bond donors (Lipinski definition) is 1. The van der Waals surface area contributed by atoms with Crippen molar-refractivity contribution in [3.05, 3.63) is 108 Å². The molecule has 0 radical (unpaired) electrons.